The number of rotatable bonds is 6. The number of para-hydroxylation sites is 2. The number of pyridine rings is 1. The van der Waals surface area contributed by atoms with Crippen molar-refractivity contribution in [3.63, 3.8) is 0 Å². The van der Waals surface area contributed by atoms with E-state index in [1.807, 2.05) is 30.5 Å². The zero-order valence-electron chi connectivity index (χ0n) is 14.6. The van der Waals surface area contributed by atoms with Crippen LogP contribution in [0.5, 0.6) is 0 Å². The van der Waals surface area contributed by atoms with Gasteiger partial charge < -0.3 is 10.3 Å². The molecule has 1 amide bonds. The van der Waals surface area contributed by atoms with Gasteiger partial charge >= 0.3 is 5.69 Å². The Bertz CT molecular complexity index is 1130. The molecular formula is C18H18N6O2S. The predicted molar refractivity (Wildman–Crippen MR) is 105 cm³/mol. The van der Waals surface area contributed by atoms with Gasteiger partial charge in [0.2, 0.25) is 0 Å². The quantitative estimate of drug-likeness (QED) is 0.473. The molecule has 0 saturated carbocycles. The summed E-state index contributed by atoms with van der Waals surface area (Å²) in [4.78, 5) is 32.4. The zero-order valence-corrected chi connectivity index (χ0v) is 15.4. The number of amides is 1. The van der Waals surface area contributed by atoms with Crippen molar-refractivity contribution in [1.29, 1.82) is 0 Å². The van der Waals surface area contributed by atoms with E-state index in [1.165, 1.54) is 10.6 Å². The molecule has 4 rings (SSSR count). The molecule has 4 aromatic rings. The number of benzene rings is 1. The summed E-state index contributed by atoms with van der Waals surface area (Å²) in [5, 5.41) is 9.26. The van der Waals surface area contributed by atoms with Crippen molar-refractivity contribution < 1.29 is 4.79 Å². The van der Waals surface area contributed by atoms with Gasteiger partial charge in [0.05, 0.1) is 22.6 Å². The third-order valence-corrected chi connectivity index (χ3v) is 4.97. The molecule has 0 bridgehead atoms. The molecule has 3 N–H and O–H groups in total. The van der Waals surface area contributed by atoms with Crippen molar-refractivity contribution in [2.24, 2.45) is 0 Å². The van der Waals surface area contributed by atoms with Gasteiger partial charge in [-0.15, -0.1) is 0 Å². The Balaban J connectivity index is 1.62. The maximum absolute atomic E-state index is 12.8. The summed E-state index contributed by atoms with van der Waals surface area (Å²) >= 11 is 1.71. The van der Waals surface area contributed by atoms with Crippen LogP contribution in [0.3, 0.4) is 0 Å². The SMILES string of the molecule is CSCCC(NC(=O)c1ccc2n[nH]c(=O)n2c1)c1nc2ccccc2[nH]1. The maximum atomic E-state index is 12.8. The molecule has 0 aliphatic rings. The molecule has 1 aromatic carbocycles. The minimum absolute atomic E-state index is 0.255. The van der Waals surface area contributed by atoms with Crippen molar-refractivity contribution in [2.45, 2.75) is 12.5 Å². The second kappa shape index (κ2) is 7.28. The van der Waals surface area contributed by atoms with E-state index in [9.17, 15) is 9.59 Å². The number of imidazole rings is 1. The molecular weight excluding hydrogens is 364 g/mol. The Kier molecular flexibility index (Phi) is 4.68. The molecule has 0 aliphatic carbocycles. The van der Waals surface area contributed by atoms with Crippen LogP contribution in [0.15, 0.2) is 47.4 Å². The molecule has 3 heterocycles. The van der Waals surface area contributed by atoms with E-state index in [4.69, 9.17) is 0 Å². The molecule has 9 heteroatoms. The van der Waals surface area contributed by atoms with Crippen LogP contribution in [-0.2, 0) is 0 Å². The lowest BCUT2D eigenvalue weighted by atomic mass is 10.2. The first kappa shape index (κ1) is 17.3. The van der Waals surface area contributed by atoms with Crippen LogP contribution >= 0.6 is 11.8 Å². The molecule has 0 fully saturated rings. The highest BCUT2D eigenvalue weighted by atomic mass is 32.2. The van der Waals surface area contributed by atoms with Gasteiger partial charge in [0, 0.05) is 6.20 Å². The fourth-order valence-corrected chi connectivity index (χ4v) is 3.40. The number of thioether (sulfide) groups is 1. The van der Waals surface area contributed by atoms with E-state index in [-0.39, 0.29) is 17.6 Å². The molecule has 0 spiro atoms. The number of aromatic amines is 2. The number of fused-ring (bicyclic) bond motifs is 2. The first-order chi connectivity index (χ1) is 13.2. The highest BCUT2D eigenvalue weighted by Gasteiger charge is 2.19. The van der Waals surface area contributed by atoms with E-state index >= 15 is 0 Å². The summed E-state index contributed by atoms with van der Waals surface area (Å²) in [5.74, 6) is 1.33. The number of hydrogen-bond acceptors (Lipinski definition) is 5. The summed E-state index contributed by atoms with van der Waals surface area (Å²) in [6, 6.07) is 10.8. The van der Waals surface area contributed by atoms with E-state index in [0.29, 0.717) is 11.2 Å². The number of hydrogen-bond donors (Lipinski definition) is 3. The van der Waals surface area contributed by atoms with Gasteiger partial charge in [-0.25, -0.2) is 19.3 Å². The molecule has 0 aliphatic heterocycles. The Hall–Kier alpha value is -3.07. The fraction of sp³-hybridized carbons (Fsp3) is 0.222. The van der Waals surface area contributed by atoms with Crippen LogP contribution in [0.2, 0.25) is 0 Å². The first-order valence-electron chi connectivity index (χ1n) is 8.47. The lowest BCUT2D eigenvalue weighted by molar-refractivity contribution is 0.0933. The van der Waals surface area contributed by atoms with Crippen LogP contribution in [-0.4, -0.2) is 42.5 Å². The van der Waals surface area contributed by atoms with Gasteiger partial charge in [-0.1, -0.05) is 12.1 Å². The molecule has 0 radical (unpaired) electrons. The van der Waals surface area contributed by atoms with Crippen LogP contribution in [0.25, 0.3) is 16.7 Å². The van der Waals surface area contributed by atoms with E-state index in [2.05, 4.69) is 25.5 Å². The van der Waals surface area contributed by atoms with Gasteiger partial charge in [-0.2, -0.15) is 16.9 Å². The van der Waals surface area contributed by atoms with Crippen LogP contribution in [0.1, 0.15) is 28.6 Å². The smallest absolute Gasteiger partial charge is 0.342 e. The van der Waals surface area contributed by atoms with Gasteiger partial charge in [-0.3, -0.25) is 4.79 Å². The second-order valence-electron chi connectivity index (χ2n) is 6.12. The van der Waals surface area contributed by atoms with Crippen molar-refractivity contribution in [3.8, 4) is 0 Å². The van der Waals surface area contributed by atoms with Crippen molar-refractivity contribution >= 4 is 34.3 Å². The third-order valence-electron chi connectivity index (χ3n) is 4.33. The van der Waals surface area contributed by atoms with Crippen LogP contribution in [0.4, 0.5) is 0 Å². The molecule has 0 saturated heterocycles. The van der Waals surface area contributed by atoms with Crippen molar-refractivity contribution in [2.75, 3.05) is 12.0 Å². The molecule has 1 unspecified atom stereocenters. The fourth-order valence-electron chi connectivity index (χ4n) is 2.93. The average molecular weight is 382 g/mol. The lowest BCUT2D eigenvalue weighted by Crippen LogP contribution is -2.30. The topological polar surface area (TPSA) is 108 Å². The third kappa shape index (κ3) is 3.45. The highest BCUT2D eigenvalue weighted by molar-refractivity contribution is 7.98. The first-order valence-corrected chi connectivity index (χ1v) is 9.86. The molecule has 27 heavy (non-hydrogen) atoms. The molecule has 1 atom stereocenters. The maximum Gasteiger partial charge on any atom is 0.347 e. The molecule has 8 nitrogen and oxygen atoms in total. The Morgan fingerprint density at radius 1 is 1.30 bits per heavy atom. The van der Waals surface area contributed by atoms with E-state index in [1.54, 1.807) is 23.9 Å². The monoisotopic (exact) mass is 382 g/mol. The second-order valence-corrected chi connectivity index (χ2v) is 7.11. The number of carbonyl (C=O) groups excluding carboxylic acids is 1. The van der Waals surface area contributed by atoms with Crippen LogP contribution < -0.4 is 11.0 Å². The average Bonchev–Trinajstić information content (AvgIpc) is 3.28. The van der Waals surface area contributed by atoms with Crippen molar-refractivity contribution in [3.05, 3.63) is 64.5 Å². The summed E-state index contributed by atoms with van der Waals surface area (Å²) in [7, 11) is 0. The largest absolute Gasteiger partial charge is 0.347 e. The lowest BCUT2D eigenvalue weighted by Gasteiger charge is -2.16. The Labute approximate surface area is 158 Å². The standard InChI is InChI=1S/C18H18N6O2S/c1-27-9-8-14(16-19-12-4-2-3-5-13(12)20-16)21-17(25)11-6-7-15-22-23-18(26)24(15)10-11/h2-7,10,14H,8-9H2,1H3,(H,19,20)(H,21,25)(H,23,26). The highest BCUT2D eigenvalue weighted by Crippen LogP contribution is 2.20. The molecule has 138 valence electrons. The number of H-pyrrole nitrogens is 2. The van der Waals surface area contributed by atoms with E-state index < -0.39 is 0 Å². The molecule has 3 aromatic heterocycles. The Morgan fingerprint density at radius 2 is 2.15 bits per heavy atom. The van der Waals surface area contributed by atoms with Gasteiger partial charge in [-0.05, 0) is 42.7 Å². The van der Waals surface area contributed by atoms with E-state index in [0.717, 1.165) is 29.0 Å². The zero-order chi connectivity index (χ0) is 18.8. The number of nitrogens with zero attached hydrogens (tertiary/aromatic N) is 3. The number of aromatic nitrogens is 5. The predicted octanol–water partition coefficient (Wildman–Crippen LogP) is 2.12. The minimum atomic E-state index is -0.379. The van der Waals surface area contributed by atoms with Crippen molar-refractivity contribution in [1.82, 2.24) is 29.9 Å². The summed E-state index contributed by atoms with van der Waals surface area (Å²) in [6.45, 7) is 0. The number of carbonyl (C=O) groups is 1. The van der Waals surface area contributed by atoms with Gasteiger partial charge in [0.1, 0.15) is 5.82 Å². The van der Waals surface area contributed by atoms with Gasteiger partial charge in [0.15, 0.2) is 5.65 Å². The van der Waals surface area contributed by atoms with Crippen LogP contribution in [0, 0.1) is 0 Å². The summed E-state index contributed by atoms with van der Waals surface area (Å²) in [6.07, 6.45) is 4.25. The summed E-state index contributed by atoms with van der Waals surface area (Å²) in [5.41, 5.74) is 2.27. The minimum Gasteiger partial charge on any atom is -0.342 e. The Morgan fingerprint density at radius 3 is 2.96 bits per heavy atom. The van der Waals surface area contributed by atoms with Gasteiger partial charge in [0.25, 0.3) is 5.91 Å². The normalized spacial score (nSPS) is 12.5. The summed E-state index contributed by atoms with van der Waals surface area (Å²) < 4.78 is 1.31. The number of nitrogens with one attached hydrogen (secondary N) is 3.